The van der Waals surface area contributed by atoms with Gasteiger partial charge in [0, 0.05) is 77.3 Å². The number of piperidine rings is 2. The van der Waals surface area contributed by atoms with Crippen LogP contribution in [-0.2, 0) is 16.0 Å². The summed E-state index contributed by atoms with van der Waals surface area (Å²) in [4.78, 5) is 46.7. The average molecular weight is 634 g/mol. The number of nitrogens with one attached hydrogen (secondary N) is 1. The Hall–Kier alpha value is -3.71. The first kappa shape index (κ1) is 32.2. The molecule has 12 heteroatoms. The van der Waals surface area contributed by atoms with Gasteiger partial charge in [-0.2, -0.15) is 5.10 Å². The number of ether oxygens (including phenoxy) is 1. The summed E-state index contributed by atoms with van der Waals surface area (Å²) < 4.78 is 21.3. The van der Waals surface area contributed by atoms with Gasteiger partial charge in [0.25, 0.3) is 11.5 Å². The number of fused-ring (bicyclic) bond motifs is 1. The summed E-state index contributed by atoms with van der Waals surface area (Å²) in [6.07, 6.45) is 4.86. The van der Waals surface area contributed by atoms with Crippen molar-refractivity contribution in [1.29, 1.82) is 0 Å². The molecule has 0 spiro atoms. The highest BCUT2D eigenvalue weighted by Gasteiger charge is 2.30. The average Bonchev–Trinajstić information content (AvgIpc) is 3.08. The number of H-pyrrole nitrogens is 1. The molecule has 3 fully saturated rings. The third-order valence-corrected chi connectivity index (χ3v) is 9.59. The van der Waals surface area contributed by atoms with Crippen molar-refractivity contribution in [3.63, 3.8) is 0 Å². The predicted octanol–water partition coefficient (Wildman–Crippen LogP) is 1.84. The smallest absolute Gasteiger partial charge is 0.272 e. The van der Waals surface area contributed by atoms with E-state index in [0.29, 0.717) is 68.4 Å². The molecule has 0 aliphatic carbocycles. The number of nitrogens with two attached hydrogens (primary N) is 1. The highest BCUT2D eigenvalue weighted by atomic mass is 19.1. The zero-order valence-corrected chi connectivity index (χ0v) is 26.3. The molecule has 4 heterocycles. The number of carbonyl (C=O) groups excluding carboxylic acids is 2. The van der Waals surface area contributed by atoms with Gasteiger partial charge in [0.2, 0.25) is 5.91 Å². The van der Waals surface area contributed by atoms with Crippen molar-refractivity contribution in [3.8, 4) is 0 Å². The summed E-state index contributed by atoms with van der Waals surface area (Å²) in [6, 6.07) is 11.7. The number of nitrogens with zero attached hydrogens (tertiary/aromatic N) is 5. The number of aromatic nitrogens is 2. The molecule has 11 nitrogen and oxygen atoms in total. The van der Waals surface area contributed by atoms with E-state index in [2.05, 4.69) is 20.0 Å². The summed E-state index contributed by atoms with van der Waals surface area (Å²) in [5, 5.41) is 7.98. The van der Waals surface area contributed by atoms with Gasteiger partial charge in [0.1, 0.15) is 5.82 Å². The molecule has 0 radical (unpaired) electrons. The minimum Gasteiger partial charge on any atom is -0.375 e. The van der Waals surface area contributed by atoms with Gasteiger partial charge in [-0.25, -0.2) is 9.49 Å². The van der Waals surface area contributed by atoms with Crippen LogP contribution in [0.4, 0.5) is 4.39 Å². The number of hydrogen-bond acceptors (Lipinski definition) is 8. The number of piperazine rings is 1. The van der Waals surface area contributed by atoms with Gasteiger partial charge in [0.15, 0.2) is 0 Å². The molecule has 0 unspecified atom stereocenters. The summed E-state index contributed by atoms with van der Waals surface area (Å²) in [5.41, 5.74) is 6.76. The Labute approximate surface area is 268 Å². The molecule has 3 aliphatic heterocycles. The summed E-state index contributed by atoms with van der Waals surface area (Å²) in [5.74, 6) is -0.915. The van der Waals surface area contributed by atoms with Gasteiger partial charge >= 0.3 is 0 Å². The van der Waals surface area contributed by atoms with E-state index in [9.17, 15) is 18.8 Å². The Morgan fingerprint density at radius 2 is 1.50 bits per heavy atom. The number of carbonyl (C=O) groups is 2. The zero-order valence-electron chi connectivity index (χ0n) is 26.3. The SMILES string of the molecule is NCCN1CCC(OC2CCN(CC(=O)N3CCN(C(=O)c4cc(Cc5n[nH]c(=O)c6ccccc56)ccc4F)CC3)CC2)CC1. The van der Waals surface area contributed by atoms with Crippen LogP contribution in [0.3, 0.4) is 0 Å². The molecule has 3 aliphatic rings. The van der Waals surface area contributed by atoms with Crippen molar-refractivity contribution in [2.24, 2.45) is 5.73 Å². The number of aromatic amines is 1. The second-order valence-electron chi connectivity index (χ2n) is 12.7. The third-order valence-electron chi connectivity index (χ3n) is 9.59. The molecular weight excluding hydrogens is 589 g/mol. The Morgan fingerprint density at radius 1 is 0.870 bits per heavy atom. The van der Waals surface area contributed by atoms with Gasteiger partial charge < -0.3 is 25.2 Å². The van der Waals surface area contributed by atoms with Crippen LogP contribution in [0.25, 0.3) is 10.8 Å². The summed E-state index contributed by atoms with van der Waals surface area (Å²) in [7, 11) is 0. The summed E-state index contributed by atoms with van der Waals surface area (Å²) >= 11 is 0. The fraction of sp³-hybridized carbons (Fsp3) is 0.529. The van der Waals surface area contributed by atoms with Crippen LogP contribution in [0.15, 0.2) is 47.3 Å². The lowest BCUT2D eigenvalue weighted by atomic mass is 10.0. The van der Waals surface area contributed by atoms with E-state index < -0.39 is 11.7 Å². The number of likely N-dealkylation sites (tertiary alicyclic amines) is 2. The van der Waals surface area contributed by atoms with E-state index in [0.717, 1.165) is 63.8 Å². The lowest BCUT2D eigenvalue weighted by molar-refractivity contribution is -0.135. The molecule has 3 N–H and O–H groups in total. The van der Waals surface area contributed by atoms with Crippen LogP contribution in [0, 0.1) is 5.82 Å². The van der Waals surface area contributed by atoms with Gasteiger partial charge in [-0.15, -0.1) is 0 Å². The van der Waals surface area contributed by atoms with Crippen LogP contribution in [-0.4, -0.2) is 126 Å². The maximum atomic E-state index is 14.9. The van der Waals surface area contributed by atoms with Crippen molar-refractivity contribution in [2.75, 3.05) is 72.0 Å². The Morgan fingerprint density at radius 3 is 2.17 bits per heavy atom. The van der Waals surface area contributed by atoms with Gasteiger partial charge in [-0.1, -0.05) is 24.3 Å². The summed E-state index contributed by atoms with van der Waals surface area (Å²) in [6.45, 7) is 7.30. The first-order valence-corrected chi connectivity index (χ1v) is 16.5. The largest absolute Gasteiger partial charge is 0.375 e. The normalized spacial score (nSPS) is 19.2. The maximum Gasteiger partial charge on any atom is 0.272 e. The van der Waals surface area contributed by atoms with Gasteiger partial charge in [0.05, 0.1) is 35.4 Å². The lowest BCUT2D eigenvalue weighted by Crippen LogP contribution is -2.53. The lowest BCUT2D eigenvalue weighted by Gasteiger charge is -2.38. The first-order chi connectivity index (χ1) is 22.4. The van der Waals surface area contributed by atoms with E-state index in [1.54, 1.807) is 34.1 Å². The van der Waals surface area contributed by atoms with Crippen LogP contribution in [0.1, 0.15) is 47.3 Å². The minimum absolute atomic E-state index is 0.00258. The second kappa shape index (κ2) is 14.8. The molecule has 0 atom stereocenters. The Bertz CT molecular complexity index is 1580. The predicted molar refractivity (Wildman–Crippen MR) is 173 cm³/mol. The van der Waals surface area contributed by atoms with E-state index in [-0.39, 0.29) is 23.1 Å². The first-order valence-electron chi connectivity index (χ1n) is 16.5. The van der Waals surface area contributed by atoms with Crippen LogP contribution in [0.2, 0.25) is 0 Å². The molecule has 46 heavy (non-hydrogen) atoms. The Kier molecular flexibility index (Phi) is 10.4. The molecule has 6 rings (SSSR count). The Balaban J connectivity index is 0.966. The monoisotopic (exact) mass is 633 g/mol. The van der Waals surface area contributed by atoms with Crippen molar-refractivity contribution in [1.82, 2.24) is 29.8 Å². The fourth-order valence-electron chi connectivity index (χ4n) is 6.89. The highest BCUT2D eigenvalue weighted by molar-refractivity contribution is 5.95. The molecule has 2 aromatic carbocycles. The van der Waals surface area contributed by atoms with Crippen LogP contribution >= 0.6 is 0 Å². The number of hydrogen-bond donors (Lipinski definition) is 2. The van der Waals surface area contributed by atoms with E-state index in [1.165, 1.54) is 6.07 Å². The van der Waals surface area contributed by atoms with Crippen LogP contribution < -0.4 is 11.3 Å². The molecule has 3 aromatic rings. The van der Waals surface area contributed by atoms with Gasteiger partial charge in [-0.05, 0) is 49.4 Å². The highest BCUT2D eigenvalue weighted by Crippen LogP contribution is 2.22. The number of halogens is 1. The number of rotatable bonds is 9. The molecule has 0 bridgehead atoms. The van der Waals surface area contributed by atoms with E-state index >= 15 is 0 Å². The standard InChI is InChI=1S/C34H44FN7O4/c35-30-6-5-24(22-31-27-3-1-2-4-28(27)33(44)38-37-31)21-29(30)34(45)42-19-17-41(18-20-42)32(43)23-40-14-9-26(10-15-40)46-25-7-12-39(13-8-25)16-11-36/h1-6,21,25-26H,7-20,22-23,36H2,(H,38,44). The third kappa shape index (κ3) is 7.63. The number of amides is 2. The fourth-order valence-corrected chi connectivity index (χ4v) is 6.89. The quantitative estimate of drug-likeness (QED) is 0.366. The van der Waals surface area contributed by atoms with E-state index in [1.807, 2.05) is 12.1 Å². The second-order valence-corrected chi connectivity index (χ2v) is 12.7. The van der Waals surface area contributed by atoms with Crippen molar-refractivity contribution >= 4 is 22.6 Å². The van der Waals surface area contributed by atoms with Gasteiger partial charge in [-0.3, -0.25) is 19.3 Å². The maximum absolute atomic E-state index is 14.9. The molecule has 1 aromatic heterocycles. The van der Waals surface area contributed by atoms with Crippen LogP contribution in [0.5, 0.6) is 0 Å². The van der Waals surface area contributed by atoms with Crippen molar-refractivity contribution in [2.45, 2.75) is 44.3 Å². The molecule has 246 valence electrons. The minimum atomic E-state index is -0.587. The van der Waals surface area contributed by atoms with E-state index in [4.69, 9.17) is 10.5 Å². The van der Waals surface area contributed by atoms with Crippen molar-refractivity contribution in [3.05, 3.63) is 75.5 Å². The molecule has 3 saturated heterocycles. The number of benzene rings is 2. The molecular formula is C34H44FN7O4. The topological polar surface area (TPSA) is 128 Å². The molecule has 2 amide bonds. The molecule has 0 saturated carbocycles. The van der Waals surface area contributed by atoms with Crippen molar-refractivity contribution < 1.29 is 18.7 Å². The zero-order chi connectivity index (χ0) is 32.0.